The largest absolute Gasteiger partial charge is 0.317 e. The monoisotopic (exact) mass is 452 g/mol. The van der Waals surface area contributed by atoms with Gasteiger partial charge in [0.05, 0.1) is 0 Å². The lowest BCUT2D eigenvalue weighted by atomic mass is 9.64. The van der Waals surface area contributed by atoms with Gasteiger partial charge in [-0.15, -0.1) is 6.58 Å². The fourth-order valence-electron chi connectivity index (χ4n) is 5.34. The van der Waals surface area contributed by atoms with E-state index in [-0.39, 0.29) is 12.8 Å². The van der Waals surface area contributed by atoms with Crippen LogP contribution in [0.3, 0.4) is 0 Å². The Morgan fingerprint density at radius 2 is 1.65 bits per heavy atom. The summed E-state index contributed by atoms with van der Waals surface area (Å²) in [6, 6.07) is 24.0. The van der Waals surface area contributed by atoms with Gasteiger partial charge in [-0.3, -0.25) is 4.98 Å². The first-order chi connectivity index (χ1) is 16.1. The lowest BCUT2D eigenvalue weighted by Gasteiger charge is -2.39. The normalized spacial score (nSPS) is 15.7. The van der Waals surface area contributed by atoms with Crippen molar-refractivity contribution in [3.63, 3.8) is 0 Å². The smallest absolute Gasteiger partial charge is 0.0445 e. The molecule has 1 fully saturated rings. The predicted octanol–water partition coefficient (Wildman–Crippen LogP) is 7.97. The standard InChI is InChI=1S/C31H36N2.CH4/c1-24(2)22-31(29-11-5-4-6-12-29,25(3)14-15-26-16-19-32-20-17-26)30-13-7-9-27(21-30)28-10-8-18-33-23-28;/h4-13,18,21,23,26,32H,1,3,14-17,19-20,22H2,2H3;1H4. The summed E-state index contributed by atoms with van der Waals surface area (Å²) >= 11 is 0. The highest BCUT2D eigenvalue weighted by atomic mass is 14.9. The van der Waals surface area contributed by atoms with Gasteiger partial charge >= 0.3 is 0 Å². The molecule has 34 heavy (non-hydrogen) atoms. The molecule has 2 heteroatoms. The molecule has 4 rings (SSSR count). The number of rotatable bonds is 9. The number of benzene rings is 2. The van der Waals surface area contributed by atoms with Crippen LogP contribution in [-0.4, -0.2) is 18.1 Å². The van der Waals surface area contributed by atoms with Crippen LogP contribution in [0.25, 0.3) is 11.1 Å². The van der Waals surface area contributed by atoms with Gasteiger partial charge in [0.2, 0.25) is 0 Å². The number of pyridine rings is 1. The van der Waals surface area contributed by atoms with Gasteiger partial charge in [-0.1, -0.05) is 79.7 Å². The van der Waals surface area contributed by atoms with Crippen molar-refractivity contribution < 1.29 is 0 Å². The molecule has 0 saturated carbocycles. The average Bonchev–Trinajstić information content (AvgIpc) is 2.87. The number of nitrogens with zero attached hydrogens (tertiary/aromatic N) is 1. The number of nitrogens with one attached hydrogen (secondary N) is 1. The molecule has 1 unspecified atom stereocenters. The molecular formula is C32H40N2. The Morgan fingerprint density at radius 1 is 0.941 bits per heavy atom. The van der Waals surface area contributed by atoms with E-state index in [2.05, 4.69) is 84.5 Å². The molecule has 1 aliphatic rings. The maximum absolute atomic E-state index is 4.75. The molecule has 0 bridgehead atoms. The highest BCUT2D eigenvalue weighted by molar-refractivity contribution is 5.65. The molecular weight excluding hydrogens is 412 g/mol. The summed E-state index contributed by atoms with van der Waals surface area (Å²) in [7, 11) is 0. The van der Waals surface area contributed by atoms with Crippen molar-refractivity contribution in [2.45, 2.75) is 51.9 Å². The lowest BCUT2D eigenvalue weighted by molar-refractivity contribution is 0.349. The van der Waals surface area contributed by atoms with Crippen LogP contribution in [0.4, 0.5) is 0 Å². The van der Waals surface area contributed by atoms with Gasteiger partial charge in [0, 0.05) is 17.8 Å². The molecule has 1 aromatic heterocycles. The van der Waals surface area contributed by atoms with E-state index in [0.29, 0.717) is 0 Å². The summed E-state index contributed by atoms with van der Waals surface area (Å²) < 4.78 is 0. The maximum Gasteiger partial charge on any atom is 0.0445 e. The second-order valence-electron chi connectivity index (χ2n) is 9.56. The third-order valence-corrected chi connectivity index (χ3v) is 7.10. The third-order valence-electron chi connectivity index (χ3n) is 7.10. The van der Waals surface area contributed by atoms with E-state index in [1.807, 2.05) is 18.5 Å². The molecule has 0 radical (unpaired) electrons. The van der Waals surface area contributed by atoms with Gasteiger partial charge in [0.25, 0.3) is 0 Å². The molecule has 1 N–H and O–H groups in total. The Kier molecular flexibility index (Phi) is 9.01. The van der Waals surface area contributed by atoms with Gasteiger partial charge in [-0.05, 0) is 92.4 Å². The van der Waals surface area contributed by atoms with Gasteiger partial charge < -0.3 is 5.32 Å². The van der Waals surface area contributed by atoms with Gasteiger partial charge in [0.15, 0.2) is 0 Å². The Hall–Kier alpha value is -2.97. The first-order valence-electron chi connectivity index (χ1n) is 12.2. The SMILES string of the molecule is C.C=C(C)CC(C(=C)CCC1CCNCC1)(c1ccccc1)c1cccc(-c2cccnc2)c1. The number of aromatic nitrogens is 1. The third kappa shape index (κ3) is 5.74. The lowest BCUT2D eigenvalue weighted by Crippen LogP contribution is -2.32. The van der Waals surface area contributed by atoms with E-state index in [9.17, 15) is 0 Å². The summed E-state index contributed by atoms with van der Waals surface area (Å²) in [5.41, 5.74) is 7.08. The minimum atomic E-state index is -0.293. The minimum absolute atomic E-state index is 0. The topological polar surface area (TPSA) is 24.9 Å². The molecule has 0 aliphatic carbocycles. The van der Waals surface area contributed by atoms with Crippen molar-refractivity contribution in [2.24, 2.45) is 5.92 Å². The zero-order valence-corrected chi connectivity index (χ0v) is 19.9. The van der Waals surface area contributed by atoms with Crippen LogP contribution < -0.4 is 5.32 Å². The Bertz CT molecular complexity index is 1060. The quantitative estimate of drug-likeness (QED) is 0.333. The number of hydrogen-bond acceptors (Lipinski definition) is 2. The van der Waals surface area contributed by atoms with E-state index >= 15 is 0 Å². The number of hydrogen-bond donors (Lipinski definition) is 1. The Morgan fingerprint density at radius 3 is 2.32 bits per heavy atom. The van der Waals surface area contributed by atoms with Crippen LogP contribution in [0, 0.1) is 5.92 Å². The highest BCUT2D eigenvalue weighted by Crippen LogP contribution is 2.46. The van der Waals surface area contributed by atoms with Crippen LogP contribution in [0.5, 0.6) is 0 Å². The van der Waals surface area contributed by atoms with E-state index in [4.69, 9.17) is 6.58 Å². The van der Waals surface area contributed by atoms with Crippen molar-refractivity contribution in [3.8, 4) is 11.1 Å². The molecule has 1 saturated heterocycles. The minimum Gasteiger partial charge on any atom is -0.317 e. The average molecular weight is 453 g/mol. The predicted molar refractivity (Wildman–Crippen MR) is 147 cm³/mol. The van der Waals surface area contributed by atoms with Crippen LogP contribution in [0.1, 0.15) is 57.6 Å². The zero-order valence-electron chi connectivity index (χ0n) is 19.9. The molecule has 3 aromatic rings. The summed E-state index contributed by atoms with van der Waals surface area (Å²) in [5.74, 6) is 0.781. The summed E-state index contributed by atoms with van der Waals surface area (Å²) in [5, 5.41) is 3.49. The van der Waals surface area contributed by atoms with Crippen molar-refractivity contribution in [1.82, 2.24) is 10.3 Å². The summed E-state index contributed by atoms with van der Waals surface area (Å²) in [6.07, 6.45) is 9.39. The molecule has 2 nitrogen and oxygen atoms in total. The van der Waals surface area contributed by atoms with Crippen molar-refractivity contribution in [2.75, 3.05) is 13.1 Å². The van der Waals surface area contributed by atoms with E-state index in [1.54, 1.807) is 0 Å². The van der Waals surface area contributed by atoms with E-state index in [1.165, 1.54) is 47.1 Å². The molecule has 0 amide bonds. The van der Waals surface area contributed by atoms with Crippen LogP contribution in [-0.2, 0) is 5.41 Å². The van der Waals surface area contributed by atoms with Crippen LogP contribution in [0.15, 0.2) is 103 Å². The van der Waals surface area contributed by atoms with Crippen molar-refractivity contribution in [3.05, 3.63) is 115 Å². The zero-order chi connectivity index (χ0) is 23.1. The second-order valence-corrected chi connectivity index (χ2v) is 9.56. The molecule has 1 atom stereocenters. The first kappa shape index (κ1) is 25.6. The van der Waals surface area contributed by atoms with Crippen LogP contribution in [0.2, 0.25) is 0 Å². The van der Waals surface area contributed by atoms with Gasteiger partial charge in [-0.25, -0.2) is 0 Å². The molecule has 2 heterocycles. The fraction of sp³-hybridized carbons (Fsp3) is 0.344. The fourth-order valence-corrected chi connectivity index (χ4v) is 5.34. The second kappa shape index (κ2) is 11.9. The summed E-state index contributed by atoms with van der Waals surface area (Å²) in [6.45, 7) is 13.5. The molecule has 0 spiro atoms. The van der Waals surface area contributed by atoms with Gasteiger partial charge in [0.1, 0.15) is 0 Å². The van der Waals surface area contributed by atoms with Crippen molar-refractivity contribution in [1.29, 1.82) is 0 Å². The maximum atomic E-state index is 4.75. The highest BCUT2D eigenvalue weighted by Gasteiger charge is 2.37. The number of allylic oxidation sites excluding steroid dienone is 2. The van der Waals surface area contributed by atoms with Crippen molar-refractivity contribution >= 4 is 0 Å². The Balaban J connectivity index is 0.00000324. The van der Waals surface area contributed by atoms with E-state index < -0.39 is 0 Å². The Labute approximate surface area is 206 Å². The first-order valence-corrected chi connectivity index (χ1v) is 12.2. The van der Waals surface area contributed by atoms with E-state index in [0.717, 1.165) is 37.4 Å². The summed E-state index contributed by atoms with van der Waals surface area (Å²) in [4.78, 5) is 4.34. The van der Waals surface area contributed by atoms with Crippen LogP contribution >= 0.6 is 0 Å². The molecule has 1 aliphatic heterocycles. The number of piperidine rings is 1. The molecule has 2 aromatic carbocycles. The molecule has 178 valence electrons. The van der Waals surface area contributed by atoms with Gasteiger partial charge in [-0.2, -0.15) is 0 Å².